The molecule has 2 aromatic carbocycles. The van der Waals surface area contributed by atoms with Crippen LogP contribution in [0.3, 0.4) is 0 Å². The van der Waals surface area contributed by atoms with Crippen molar-refractivity contribution in [2.45, 2.75) is 113 Å². The molecule has 14 nitrogen and oxygen atoms in total. The van der Waals surface area contributed by atoms with Gasteiger partial charge in [-0.05, 0) is 82.3 Å². The number of fused-ring (bicyclic) bond motifs is 3. The summed E-state index contributed by atoms with van der Waals surface area (Å²) in [5.74, 6) is -3.36. The van der Waals surface area contributed by atoms with E-state index in [9.17, 15) is 36.8 Å². The third kappa shape index (κ3) is 9.23. The van der Waals surface area contributed by atoms with Gasteiger partial charge in [0.15, 0.2) is 0 Å². The van der Waals surface area contributed by atoms with E-state index in [0.717, 1.165) is 6.42 Å². The van der Waals surface area contributed by atoms with Crippen molar-refractivity contribution >= 4 is 51.5 Å². The van der Waals surface area contributed by atoms with Crippen molar-refractivity contribution in [2.24, 2.45) is 5.92 Å². The lowest BCUT2D eigenvalue weighted by atomic mass is 10.0. The van der Waals surface area contributed by atoms with Gasteiger partial charge in [0.05, 0.1) is 18.0 Å². The van der Waals surface area contributed by atoms with Crippen molar-refractivity contribution in [3.63, 3.8) is 0 Å². The summed E-state index contributed by atoms with van der Waals surface area (Å²) in [4.78, 5) is 71.2. The molecule has 2 fully saturated rings. The van der Waals surface area contributed by atoms with Gasteiger partial charge in [-0.3, -0.25) is 19.3 Å². The van der Waals surface area contributed by atoms with Gasteiger partial charge in [-0.15, -0.1) is 0 Å². The van der Waals surface area contributed by atoms with Gasteiger partial charge in [-0.2, -0.15) is 0 Å². The van der Waals surface area contributed by atoms with Crippen molar-refractivity contribution in [3.8, 4) is 0 Å². The zero-order valence-corrected chi connectivity index (χ0v) is 32.4. The lowest BCUT2D eigenvalue weighted by Crippen LogP contribution is -2.58. The predicted molar refractivity (Wildman–Crippen MR) is 197 cm³/mol. The van der Waals surface area contributed by atoms with Crippen LogP contribution in [0.2, 0.25) is 5.02 Å². The van der Waals surface area contributed by atoms with Gasteiger partial charge in [0.1, 0.15) is 35.1 Å². The molecule has 3 N–H and O–H groups in total. The van der Waals surface area contributed by atoms with Gasteiger partial charge in [0, 0.05) is 29.5 Å². The van der Waals surface area contributed by atoms with Crippen LogP contribution in [0, 0.1) is 11.7 Å². The second kappa shape index (κ2) is 15.8. The zero-order valence-electron chi connectivity index (χ0n) is 30.8. The number of nitrogens with zero attached hydrogens (tertiary/aromatic N) is 2. The van der Waals surface area contributed by atoms with E-state index in [2.05, 4.69) is 15.4 Å². The van der Waals surface area contributed by atoms with Crippen molar-refractivity contribution in [2.75, 3.05) is 6.54 Å². The van der Waals surface area contributed by atoms with Crippen LogP contribution in [-0.2, 0) is 47.0 Å². The number of amides is 5. The third-order valence-corrected chi connectivity index (χ3v) is 11.7. The second-order valence-corrected chi connectivity index (χ2v) is 17.5. The molecule has 1 saturated heterocycles. The van der Waals surface area contributed by atoms with Crippen molar-refractivity contribution in [3.05, 3.63) is 76.6 Å². The molecule has 3 aliphatic heterocycles. The third-order valence-electron chi connectivity index (χ3n) is 10.1. The predicted octanol–water partition coefficient (Wildman–Crippen LogP) is 4.69. The SMILES string of the molecule is CC(C)(C)OC(=O)N[C@H]1CCCCC/C=C\[C@H]2C[C@]2(C(=O)NS(=O)(=O)c2ccc(Cl)cc2)NC(=O)[C@@H]2C[C@@H](OC(=O)N3Cc4cccc(F)c4C3)CN2C1=O. The fourth-order valence-corrected chi connectivity index (χ4v) is 8.39. The molecule has 0 spiro atoms. The average Bonchev–Trinajstić information content (AvgIpc) is 3.40. The van der Waals surface area contributed by atoms with E-state index in [1.54, 1.807) is 39.0 Å². The zero-order chi connectivity index (χ0) is 39.7. The smallest absolute Gasteiger partial charge is 0.410 e. The first-order valence-electron chi connectivity index (χ1n) is 18.3. The molecule has 1 saturated carbocycles. The molecule has 5 amide bonds. The summed E-state index contributed by atoms with van der Waals surface area (Å²) in [6.07, 6.45) is 3.81. The Bertz CT molecular complexity index is 1990. The number of hydrogen-bond acceptors (Lipinski definition) is 9. The van der Waals surface area contributed by atoms with E-state index < -0.39 is 81.0 Å². The van der Waals surface area contributed by atoms with E-state index in [1.165, 1.54) is 40.1 Å². The number of nitrogens with one attached hydrogen (secondary N) is 3. The molecule has 55 heavy (non-hydrogen) atoms. The van der Waals surface area contributed by atoms with Crippen molar-refractivity contribution in [1.29, 1.82) is 0 Å². The highest BCUT2D eigenvalue weighted by Gasteiger charge is 2.61. The summed E-state index contributed by atoms with van der Waals surface area (Å²) in [5.41, 5.74) is -1.52. The van der Waals surface area contributed by atoms with Gasteiger partial charge in [-0.1, -0.05) is 48.7 Å². The number of ether oxygens (including phenoxy) is 2. The highest BCUT2D eigenvalue weighted by Crippen LogP contribution is 2.46. The molecule has 3 heterocycles. The number of hydrogen-bond donors (Lipinski definition) is 3. The second-order valence-electron chi connectivity index (χ2n) is 15.4. The Morgan fingerprint density at radius 3 is 2.49 bits per heavy atom. The number of carbonyl (C=O) groups is 5. The summed E-state index contributed by atoms with van der Waals surface area (Å²) < 4.78 is 54.3. The number of halogens is 2. The van der Waals surface area contributed by atoms with Crippen LogP contribution in [0.1, 0.15) is 76.8 Å². The maximum Gasteiger partial charge on any atom is 0.410 e. The quantitative estimate of drug-likeness (QED) is 0.362. The lowest BCUT2D eigenvalue weighted by Gasteiger charge is -2.30. The van der Waals surface area contributed by atoms with Gasteiger partial charge in [-0.25, -0.2) is 27.1 Å². The van der Waals surface area contributed by atoms with Crippen LogP contribution in [0.4, 0.5) is 14.0 Å². The summed E-state index contributed by atoms with van der Waals surface area (Å²) in [6.45, 7) is 4.92. The van der Waals surface area contributed by atoms with Crippen LogP contribution in [0.15, 0.2) is 59.5 Å². The van der Waals surface area contributed by atoms with Crippen molar-refractivity contribution < 1.29 is 46.3 Å². The molecular weight excluding hydrogens is 757 g/mol. The summed E-state index contributed by atoms with van der Waals surface area (Å²) in [6, 6.07) is 7.42. The molecule has 17 heteroatoms. The minimum atomic E-state index is -4.37. The van der Waals surface area contributed by atoms with Crippen LogP contribution < -0.4 is 15.4 Å². The largest absolute Gasteiger partial charge is 0.444 e. The highest BCUT2D eigenvalue weighted by atomic mass is 35.5. The van der Waals surface area contributed by atoms with E-state index >= 15 is 0 Å². The Kier molecular flexibility index (Phi) is 11.5. The van der Waals surface area contributed by atoms with Crippen molar-refractivity contribution in [1.82, 2.24) is 25.2 Å². The van der Waals surface area contributed by atoms with E-state index in [0.29, 0.717) is 35.4 Å². The van der Waals surface area contributed by atoms with E-state index in [-0.39, 0.29) is 43.8 Å². The molecule has 296 valence electrons. The molecule has 5 atom stereocenters. The minimum Gasteiger partial charge on any atom is -0.444 e. The Morgan fingerprint density at radius 2 is 1.78 bits per heavy atom. The Balaban J connectivity index is 1.26. The molecule has 0 bridgehead atoms. The summed E-state index contributed by atoms with van der Waals surface area (Å²) in [7, 11) is -4.37. The average molecular weight is 802 g/mol. The maximum atomic E-state index is 14.4. The van der Waals surface area contributed by atoms with Gasteiger partial charge in [0.25, 0.3) is 15.9 Å². The first-order chi connectivity index (χ1) is 26.0. The van der Waals surface area contributed by atoms with Crippen LogP contribution in [0.25, 0.3) is 0 Å². The van der Waals surface area contributed by atoms with E-state index in [1.807, 2.05) is 6.08 Å². The van der Waals surface area contributed by atoms with Crippen LogP contribution in [-0.4, -0.2) is 84.0 Å². The molecule has 0 radical (unpaired) electrons. The lowest BCUT2D eigenvalue weighted by molar-refractivity contribution is -0.141. The van der Waals surface area contributed by atoms with Gasteiger partial charge < -0.3 is 25.0 Å². The molecule has 2 aromatic rings. The first kappa shape index (κ1) is 40.0. The molecule has 1 aliphatic carbocycles. The van der Waals surface area contributed by atoms with Gasteiger partial charge in [0.2, 0.25) is 11.8 Å². The fourth-order valence-electron chi connectivity index (χ4n) is 7.23. The number of rotatable bonds is 5. The monoisotopic (exact) mass is 801 g/mol. The van der Waals surface area contributed by atoms with E-state index in [4.69, 9.17) is 21.1 Å². The fraction of sp³-hybridized carbons (Fsp3) is 0.500. The normalized spacial score (nSPS) is 26.3. The molecule has 6 rings (SSSR count). The molecule has 4 aliphatic rings. The Morgan fingerprint density at radius 1 is 1.04 bits per heavy atom. The topological polar surface area (TPSA) is 181 Å². The maximum absolute atomic E-state index is 14.4. The standard InChI is InChI=1S/C38H45ClFN5O9S/c1-37(2,3)54-35(49)41-30-13-8-6-4-5-7-11-24-19-38(24,34(48)43-55(51,52)27-16-14-25(39)15-17-27)42-32(46)31-18-26(21-45(31)33(30)47)53-36(50)44-20-23-10-9-12-29(40)28(23)22-44/h7,9-12,14-17,24,26,30-31H,4-6,8,13,18-22H2,1-3H3,(H,41,49)(H,42,46)(H,43,48)/b11-7-/t24-,26+,30-,31-,38-/m0/s1. The number of allylic oxidation sites excluding steroid dienone is 1. The van der Waals surface area contributed by atoms with Crippen LogP contribution in [0.5, 0.6) is 0 Å². The molecule has 0 unspecified atom stereocenters. The van der Waals surface area contributed by atoms with Gasteiger partial charge >= 0.3 is 12.2 Å². The Hall–Kier alpha value is -4.70. The number of alkyl carbamates (subject to hydrolysis) is 1. The minimum absolute atomic E-state index is 0.0204. The number of sulfonamides is 1. The number of benzene rings is 2. The van der Waals surface area contributed by atoms with Crippen LogP contribution >= 0.6 is 11.6 Å². The number of carbonyl (C=O) groups excluding carboxylic acids is 5. The molecule has 0 aromatic heterocycles. The highest BCUT2D eigenvalue weighted by molar-refractivity contribution is 7.90. The Labute approximate surface area is 324 Å². The summed E-state index contributed by atoms with van der Waals surface area (Å²) >= 11 is 5.93. The first-order valence-corrected chi connectivity index (χ1v) is 20.2. The summed E-state index contributed by atoms with van der Waals surface area (Å²) in [5, 5.41) is 5.72. The molecular formula is C38H45ClFN5O9S.